The van der Waals surface area contributed by atoms with E-state index in [1.165, 1.54) is 15.9 Å². The van der Waals surface area contributed by atoms with Crippen molar-refractivity contribution in [2.45, 2.75) is 46.3 Å². The first-order valence-electron chi connectivity index (χ1n) is 7.97. The van der Waals surface area contributed by atoms with E-state index in [1.807, 2.05) is 13.8 Å². The fraction of sp³-hybridized carbons (Fsp3) is 0.688. The molecule has 1 rings (SSSR count). The van der Waals surface area contributed by atoms with Gasteiger partial charge in [0.25, 0.3) is 0 Å². The molecule has 3 amide bonds. The summed E-state index contributed by atoms with van der Waals surface area (Å²) in [5.74, 6) is -0.705. The molecule has 0 radical (unpaired) electrons. The number of ether oxygens (including phenoxy) is 2. The van der Waals surface area contributed by atoms with Crippen LogP contribution in [0.2, 0.25) is 0 Å². The number of nitrogens with zero attached hydrogens (tertiary/aromatic N) is 2. The second kappa shape index (κ2) is 9.79. The van der Waals surface area contributed by atoms with Crippen molar-refractivity contribution in [1.29, 1.82) is 0 Å². The zero-order chi connectivity index (χ0) is 18.9. The summed E-state index contributed by atoms with van der Waals surface area (Å²) in [4.78, 5) is 38.1. The monoisotopic (exact) mass is 343 g/mol. The third-order valence-electron chi connectivity index (χ3n) is 2.92. The highest BCUT2D eigenvalue weighted by Gasteiger charge is 2.37. The molecule has 0 aromatic heterocycles. The summed E-state index contributed by atoms with van der Waals surface area (Å²) >= 11 is 0. The summed E-state index contributed by atoms with van der Waals surface area (Å²) < 4.78 is 10.2. The molecule has 1 aliphatic heterocycles. The number of hydrogen-bond acceptors (Lipinski definition) is 5. The minimum atomic E-state index is -0.946. The van der Waals surface area contributed by atoms with E-state index in [9.17, 15) is 14.4 Å². The molecule has 0 aliphatic carbocycles. The van der Waals surface area contributed by atoms with Crippen molar-refractivity contribution in [2.75, 3.05) is 26.2 Å². The Kier molecular flexibility index (Phi) is 8.87. The van der Waals surface area contributed by atoms with E-state index in [-0.39, 0.29) is 26.2 Å². The van der Waals surface area contributed by atoms with Crippen LogP contribution in [0.15, 0.2) is 12.7 Å². The predicted octanol–water partition coefficient (Wildman–Crippen LogP) is 1.74. The SMILES string of the molecule is C=CCOC(=O)N1CCN(C(=O)OC(C)(C)C)CC1C(N)=O.CC. The van der Waals surface area contributed by atoms with Crippen LogP contribution in [-0.4, -0.2) is 65.8 Å². The normalized spacial score (nSPS) is 17.3. The Labute approximate surface area is 143 Å². The lowest BCUT2D eigenvalue weighted by Crippen LogP contribution is -2.61. The number of piperazine rings is 1. The Balaban J connectivity index is 0.00000254. The molecular weight excluding hydrogens is 314 g/mol. The Hall–Kier alpha value is -2.25. The molecule has 1 aliphatic rings. The van der Waals surface area contributed by atoms with Crippen LogP contribution in [0.1, 0.15) is 34.6 Å². The van der Waals surface area contributed by atoms with E-state index in [4.69, 9.17) is 15.2 Å². The molecule has 24 heavy (non-hydrogen) atoms. The molecule has 1 saturated heterocycles. The summed E-state index contributed by atoms with van der Waals surface area (Å²) in [6, 6.07) is -0.946. The third kappa shape index (κ3) is 6.89. The van der Waals surface area contributed by atoms with Crippen molar-refractivity contribution in [3.8, 4) is 0 Å². The van der Waals surface area contributed by atoms with E-state index < -0.39 is 29.7 Å². The molecule has 8 heteroatoms. The van der Waals surface area contributed by atoms with Crippen LogP contribution in [0.5, 0.6) is 0 Å². The van der Waals surface area contributed by atoms with E-state index >= 15 is 0 Å². The van der Waals surface area contributed by atoms with Crippen molar-refractivity contribution in [3.63, 3.8) is 0 Å². The summed E-state index contributed by atoms with van der Waals surface area (Å²) in [6.45, 7) is 13.1. The van der Waals surface area contributed by atoms with Gasteiger partial charge in [-0.2, -0.15) is 0 Å². The lowest BCUT2D eigenvalue weighted by atomic mass is 10.1. The highest BCUT2D eigenvalue weighted by molar-refractivity contribution is 5.85. The number of primary amides is 1. The van der Waals surface area contributed by atoms with Gasteiger partial charge in [-0.3, -0.25) is 9.69 Å². The molecule has 0 aromatic rings. The van der Waals surface area contributed by atoms with Gasteiger partial charge < -0.3 is 20.1 Å². The Morgan fingerprint density at radius 1 is 1.21 bits per heavy atom. The number of carbonyl (C=O) groups excluding carboxylic acids is 3. The molecule has 1 heterocycles. The summed E-state index contributed by atoms with van der Waals surface area (Å²) in [7, 11) is 0. The van der Waals surface area contributed by atoms with Crippen molar-refractivity contribution in [3.05, 3.63) is 12.7 Å². The van der Waals surface area contributed by atoms with Gasteiger partial charge in [0.05, 0.1) is 6.54 Å². The van der Waals surface area contributed by atoms with Gasteiger partial charge in [0.15, 0.2) is 0 Å². The third-order valence-corrected chi connectivity index (χ3v) is 2.92. The van der Waals surface area contributed by atoms with Crippen molar-refractivity contribution < 1.29 is 23.9 Å². The molecule has 8 nitrogen and oxygen atoms in total. The molecule has 0 spiro atoms. The number of nitrogens with two attached hydrogens (primary N) is 1. The van der Waals surface area contributed by atoms with E-state index in [2.05, 4.69) is 6.58 Å². The first-order chi connectivity index (χ1) is 11.2. The van der Waals surface area contributed by atoms with Crippen LogP contribution in [0.25, 0.3) is 0 Å². The van der Waals surface area contributed by atoms with Crippen LogP contribution in [-0.2, 0) is 14.3 Å². The summed E-state index contributed by atoms with van der Waals surface area (Å²) in [5, 5.41) is 0. The maximum Gasteiger partial charge on any atom is 0.410 e. The Bertz CT molecular complexity index is 459. The van der Waals surface area contributed by atoms with Gasteiger partial charge in [-0.05, 0) is 20.8 Å². The zero-order valence-electron chi connectivity index (χ0n) is 15.2. The van der Waals surface area contributed by atoms with E-state index in [1.54, 1.807) is 20.8 Å². The van der Waals surface area contributed by atoms with Gasteiger partial charge in [0.2, 0.25) is 5.91 Å². The number of rotatable bonds is 3. The van der Waals surface area contributed by atoms with Crippen LogP contribution in [0, 0.1) is 0 Å². The largest absolute Gasteiger partial charge is 0.445 e. The average Bonchev–Trinajstić information content (AvgIpc) is 2.52. The summed E-state index contributed by atoms with van der Waals surface area (Å²) in [6.07, 6.45) is 0.221. The van der Waals surface area contributed by atoms with Gasteiger partial charge >= 0.3 is 12.2 Å². The molecule has 0 aromatic carbocycles. The summed E-state index contributed by atoms with van der Waals surface area (Å²) in [5.41, 5.74) is 4.69. The smallest absolute Gasteiger partial charge is 0.410 e. The first kappa shape index (κ1) is 21.8. The topological polar surface area (TPSA) is 102 Å². The van der Waals surface area contributed by atoms with E-state index in [0.717, 1.165) is 0 Å². The first-order valence-corrected chi connectivity index (χ1v) is 7.97. The molecule has 0 bridgehead atoms. The maximum atomic E-state index is 12.0. The van der Waals surface area contributed by atoms with Gasteiger partial charge in [-0.1, -0.05) is 26.5 Å². The predicted molar refractivity (Wildman–Crippen MR) is 90.4 cm³/mol. The van der Waals surface area contributed by atoms with Crippen molar-refractivity contribution >= 4 is 18.1 Å². The van der Waals surface area contributed by atoms with Crippen LogP contribution in [0.4, 0.5) is 9.59 Å². The quantitative estimate of drug-likeness (QED) is 0.786. The molecule has 1 atom stereocenters. The number of hydrogen-bond donors (Lipinski definition) is 1. The van der Waals surface area contributed by atoms with E-state index in [0.29, 0.717) is 0 Å². The fourth-order valence-corrected chi connectivity index (χ4v) is 1.95. The minimum Gasteiger partial charge on any atom is -0.445 e. The van der Waals surface area contributed by atoms with Crippen LogP contribution >= 0.6 is 0 Å². The Morgan fingerprint density at radius 2 is 1.79 bits per heavy atom. The van der Waals surface area contributed by atoms with Gasteiger partial charge in [0, 0.05) is 13.1 Å². The average molecular weight is 343 g/mol. The van der Waals surface area contributed by atoms with Gasteiger partial charge in [0.1, 0.15) is 18.2 Å². The minimum absolute atomic E-state index is 0.0204. The van der Waals surface area contributed by atoms with Crippen molar-refractivity contribution in [2.24, 2.45) is 5.73 Å². The standard InChI is InChI=1S/C14H23N3O5.C2H6/c1-5-8-21-13(20)17-7-6-16(9-10(17)11(15)18)12(19)22-14(2,3)4;1-2/h5,10H,1,6-9H2,2-4H3,(H2,15,18);1-2H3. The molecule has 1 unspecified atom stereocenters. The second-order valence-corrected chi connectivity index (χ2v) is 5.90. The van der Waals surface area contributed by atoms with Crippen LogP contribution in [0.3, 0.4) is 0 Å². The molecule has 1 fully saturated rings. The lowest BCUT2D eigenvalue weighted by molar-refractivity contribution is -0.124. The lowest BCUT2D eigenvalue weighted by Gasteiger charge is -2.39. The highest BCUT2D eigenvalue weighted by atomic mass is 16.6. The molecule has 2 N–H and O–H groups in total. The van der Waals surface area contributed by atoms with Crippen LogP contribution < -0.4 is 5.73 Å². The van der Waals surface area contributed by atoms with Gasteiger partial charge in [-0.15, -0.1) is 0 Å². The number of carbonyl (C=O) groups is 3. The highest BCUT2D eigenvalue weighted by Crippen LogP contribution is 2.15. The zero-order valence-corrected chi connectivity index (χ0v) is 15.2. The molecular formula is C16H29N3O5. The van der Waals surface area contributed by atoms with Gasteiger partial charge in [-0.25, -0.2) is 9.59 Å². The second-order valence-electron chi connectivity index (χ2n) is 5.90. The Morgan fingerprint density at radius 3 is 2.25 bits per heavy atom. The maximum absolute atomic E-state index is 12.0. The number of amides is 3. The van der Waals surface area contributed by atoms with Crippen molar-refractivity contribution in [1.82, 2.24) is 9.80 Å². The molecule has 0 saturated carbocycles. The fourth-order valence-electron chi connectivity index (χ4n) is 1.95. The molecule has 138 valence electrons.